The molecule has 0 saturated carbocycles. The molecule has 2 atom stereocenters. The van der Waals surface area contributed by atoms with Crippen molar-refractivity contribution in [2.45, 2.75) is 51.5 Å². The van der Waals surface area contributed by atoms with Gasteiger partial charge >= 0.3 is 0 Å². The summed E-state index contributed by atoms with van der Waals surface area (Å²) in [6.07, 6.45) is 4.31. The van der Waals surface area contributed by atoms with Gasteiger partial charge in [0, 0.05) is 32.0 Å². The summed E-state index contributed by atoms with van der Waals surface area (Å²) in [6, 6.07) is 16.7. The van der Waals surface area contributed by atoms with Crippen LogP contribution in [0.5, 0.6) is 5.75 Å². The van der Waals surface area contributed by atoms with Crippen LogP contribution in [-0.2, 0) is 11.3 Å². The molecule has 168 valence electrons. The van der Waals surface area contributed by atoms with E-state index in [1.807, 2.05) is 23.1 Å². The predicted molar refractivity (Wildman–Crippen MR) is 129 cm³/mol. The van der Waals surface area contributed by atoms with Crippen LogP contribution in [0.4, 0.5) is 0 Å². The van der Waals surface area contributed by atoms with Crippen LogP contribution in [0.3, 0.4) is 0 Å². The maximum absolute atomic E-state index is 12.4. The van der Waals surface area contributed by atoms with Gasteiger partial charge in [-0.15, -0.1) is 6.58 Å². The lowest BCUT2D eigenvalue weighted by Gasteiger charge is -2.16. The minimum absolute atomic E-state index is 0.115. The van der Waals surface area contributed by atoms with Crippen molar-refractivity contribution in [3.8, 4) is 5.75 Å². The van der Waals surface area contributed by atoms with E-state index in [9.17, 15) is 4.79 Å². The Hall–Kier alpha value is -3.08. The van der Waals surface area contributed by atoms with Gasteiger partial charge in [-0.3, -0.25) is 4.79 Å². The largest absolute Gasteiger partial charge is 0.494 e. The SMILES string of the molecule is C=CCN1C[C@H](c2nc3ccccc3n2CCCOc2ccc([C@@H](C)CC)cc2)CC1=O. The highest BCUT2D eigenvalue weighted by atomic mass is 16.5. The third kappa shape index (κ3) is 4.72. The van der Waals surface area contributed by atoms with Gasteiger partial charge < -0.3 is 14.2 Å². The first-order valence-electron chi connectivity index (χ1n) is 11.7. The number of fused-ring (bicyclic) bond motifs is 1. The Morgan fingerprint density at radius 2 is 2.00 bits per heavy atom. The molecule has 1 aromatic heterocycles. The number of imidazole rings is 1. The standard InChI is InChI=1S/C27H33N3O2/c1-4-15-29-19-22(18-26(29)31)27-28-24-9-6-7-10-25(24)30(27)16-8-17-32-23-13-11-21(12-14-23)20(3)5-2/h4,6-7,9-14,20,22H,1,5,8,15-19H2,2-3H3/t20-,22+/m0/s1. The minimum atomic E-state index is 0.115. The first-order valence-corrected chi connectivity index (χ1v) is 11.7. The quantitative estimate of drug-likeness (QED) is 0.314. The number of aryl methyl sites for hydroxylation is 1. The molecule has 0 unspecified atom stereocenters. The lowest BCUT2D eigenvalue weighted by atomic mass is 9.99. The van der Waals surface area contributed by atoms with Crippen molar-refractivity contribution < 1.29 is 9.53 Å². The molecule has 0 spiro atoms. The zero-order chi connectivity index (χ0) is 22.5. The second-order valence-electron chi connectivity index (χ2n) is 8.68. The first kappa shape index (κ1) is 22.1. The number of hydrogen-bond acceptors (Lipinski definition) is 3. The van der Waals surface area contributed by atoms with E-state index in [1.165, 1.54) is 5.56 Å². The highest BCUT2D eigenvalue weighted by Crippen LogP contribution is 2.30. The monoisotopic (exact) mass is 431 g/mol. The van der Waals surface area contributed by atoms with Crippen LogP contribution in [0.1, 0.15) is 56.3 Å². The van der Waals surface area contributed by atoms with Crippen LogP contribution in [0, 0.1) is 0 Å². The lowest BCUT2D eigenvalue weighted by molar-refractivity contribution is -0.127. The number of likely N-dealkylation sites (tertiary alicyclic amines) is 1. The van der Waals surface area contributed by atoms with Crippen LogP contribution >= 0.6 is 0 Å². The Bertz CT molecular complexity index is 1070. The third-order valence-corrected chi connectivity index (χ3v) is 6.47. The van der Waals surface area contributed by atoms with Gasteiger partial charge in [0.15, 0.2) is 0 Å². The second kappa shape index (κ2) is 10.0. The van der Waals surface area contributed by atoms with Gasteiger partial charge in [0.25, 0.3) is 0 Å². The Morgan fingerprint density at radius 1 is 1.22 bits per heavy atom. The summed E-state index contributed by atoms with van der Waals surface area (Å²) in [5, 5.41) is 0. The molecule has 32 heavy (non-hydrogen) atoms. The van der Waals surface area contributed by atoms with Gasteiger partial charge in [-0.05, 0) is 48.6 Å². The van der Waals surface area contributed by atoms with E-state index in [0.717, 1.165) is 42.0 Å². The average Bonchev–Trinajstić information content (AvgIpc) is 3.37. The second-order valence-corrected chi connectivity index (χ2v) is 8.68. The molecule has 4 rings (SSSR count). The number of hydrogen-bond donors (Lipinski definition) is 0. The summed E-state index contributed by atoms with van der Waals surface area (Å²) in [5.41, 5.74) is 3.46. The summed E-state index contributed by atoms with van der Waals surface area (Å²) < 4.78 is 8.29. The van der Waals surface area contributed by atoms with E-state index < -0.39 is 0 Å². The Kier molecular flexibility index (Phi) is 6.93. The number of carbonyl (C=O) groups excluding carboxylic acids is 1. The lowest BCUT2D eigenvalue weighted by Crippen LogP contribution is -2.25. The minimum Gasteiger partial charge on any atom is -0.494 e. The molecule has 2 aromatic carbocycles. The Labute approximate surface area is 190 Å². The third-order valence-electron chi connectivity index (χ3n) is 6.47. The zero-order valence-electron chi connectivity index (χ0n) is 19.2. The number of benzene rings is 2. The summed E-state index contributed by atoms with van der Waals surface area (Å²) in [7, 11) is 0. The maximum atomic E-state index is 12.4. The highest BCUT2D eigenvalue weighted by Gasteiger charge is 2.33. The summed E-state index contributed by atoms with van der Waals surface area (Å²) in [5.74, 6) is 2.78. The number of carbonyl (C=O) groups is 1. The van der Waals surface area contributed by atoms with Gasteiger partial charge in [0.1, 0.15) is 11.6 Å². The van der Waals surface area contributed by atoms with Gasteiger partial charge in [-0.2, -0.15) is 0 Å². The molecule has 1 aliphatic heterocycles. The van der Waals surface area contributed by atoms with Crippen molar-refractivity contribution in [2.75, 3.05) is 19.7 Å². The van der Waals surface area contributed by atoms with E-state index in [-0.39, 0.29) is 11.8 Å². The van der Waals surface area contributed by atoms with Crippen LogP contribution in [0.25, 0.3) is 11.0 Å². The molecule has 5 heteroatoms. The molecule has 5 nitrogen and oxygen atoms in total. The normalized spacial score (nSPS) is 17.1. The predicted octanol–water partition coefficient (Wildman–Crippen LogP) is 5.52. The average molecular weight is 432 g/mol. The fourth-order valence-electron chi connectivity index (χ4n) is 4.46. The number of aromatic nitrogens is 2. The number of rotatable bonds is 10. The van der Waals surface area contributed by atoms with E-state index in [1.54, 1.807) is 6.08 Å². The number of ether oxygens (including phenoxy) is 1. The molecular formula is C27H33N3O2. The first-order chi connectivity index (χ1) is 15.6. The molecule has 0 radical (unpaired) electrons. The molecule has 1 aliphatic rings. The topological polar surface area (TPSA) is 47.4 Å². The van der Waals surface area contributed by atoms with Crippen molar-refractivity contribution in [3.63, 3.8) is 0 Å². The number of para-hydroxylation sites is 2. The van der Waals surface area contributed by atoms with Crippen molar-refractivity contribution >= 4 is 16.9 Å². The summed E-state index contributed by atoms with van der Waals surface area (Å²) in [4.78, 5) is 19.2. The van der Waals surface area contributed by atoms with E-state index in [2.05, 4.69) is 55.3 Å². The van der Waals surface area contributed by atoms with E-state index in [4.69, 9.17) is 9.72 Å². The van der Waals surface area contributed by atoms with Crippen LogP contribution < -0.4 is 4.74 Å². The molecule has 0 N–H and O–H groups in total. The van der Waals surface area contributed by atoms with Crippen LogP contribution in [0.15, 0.2) is 61.2 Å². The molecule has 1 amide bonds. The molecule has 0 bridgehead atoms. The fraction of sp³-hybridized carbons (Fsp3) is 0.407. The zero-order valence-corrected chi connectivity index (χ0v) is 19.2. The van der Waals surface area contributed by atoms with Crippen molar-refractivity contribution in [1.29, 1.82) is 0 Å². The van der Waals surface area contributed by atoms with Crippen molar-refractivity contribution in [1.82, 2.24) is 14.5 Å². The van der Waals surface area contributed by atoms with E-state index >= 15 is 0 Å². The number of amides is 1. The smallest absolute Gasteiger partial charge is 0.223 e. The molecule has 2 heterocycles. The maximum Gasteiger partial charge on any atom is 0.223 e. The molecule has 0 aliphatic carbocycles. The van der Waals surface area contributed by atoms with Crippen LogP contribution in [-0.4, -0.2) is 40.1 Å². The molecule has 3 aromatic rings. The Morgan fingerprint density at radius 3 is 2.75 bits per heavy atom. The van der Waals surface area contributed by atoms with Crippen molar-refractivity contribution in [3.05, 3.63) is 72.6 Å². The summed E-state index contributed by atoms with van der Waals surface area (Å²) in [6.45, 7) is 11.0. The Balaban J connectivity index is 1.43. The molecule has 1 fully saturated rings. The molecular weight excluding hydrogens is 398 g/mol. The van der Waals surface area contributed by atoms with Crippen molar-refractivity contribution in [2.24, 2.45) is 0 Å². The van der Waals surface area contributed by atoms with Gasteiger partial charge in [0.05, 0.1) is 17.6 Å². The number of nitrogens with zero attached hydrogens (tertiary/aromatic N) is 3. The van der Waals surface area contributed by atoms with Crippen LogP contribution in [0.2, 0.25) is 0 Å². The van der Waals surface area contributed by atoms with Gasteiger partial charge in [-0.25, -0.2) is 4.98 Å². The molecule has 1 saturated heterocycles. The van der Waals surface area contributed by atoms with E-state index in [0.29, 0.717) is 32.0 Å². The van der Waals surface area contributed by atoms with Gasteiger partial charge in [0.2, 0.25) is 5.91 Å². The summed E-state index contributed by atoms with van der Waals surface area (Å²) >= 11 is 0. The van der Waals surface area contributed by atoms with Gasteiger partial charge in [-0.1, -0.05) is 44.2 Å². The fourth-order valence-corrected chi connectivity index (χ4v) is 4.46. The highest BCUT2D eigenvalue weighted by molar-refractivity contribution is 5.81.